The van der Waals surface area contributed by atoms with Crippen molar-refractivity contribution < 1.29 is 4.74 Å². The third-order valence-corrected chi connectivity index (χ3v) is 3.85. The Hall–Kier alpha value is -1.10. The minimum atomic E-state index is 0.244. The molecule has 1 heterocycles. The number of ether oxygens (including phenoxy) is 1. The Morgan fingerprint density at radius 1 is 1.37 bits per heavy atom. The summed E-state index contributed by atoms with van der Waals surface area (Å²) < 4.78 is 5.11. The van der Waals surface area contributed by atoms with Crippen molar-refractivity contribution in [2.75, 3.05) is 19.0 Å². The Morgan fingerprint density at radius 3 is 2.68 bits per heavy atom. The minimum Gasteiger partial charge on any atom is -0.383 e. The first-order chi connectivity index (χ1) is 9.10. The predicted octanol–water partition coefficient (Wildman–Crippen LogP) is 4.22. The molecule has 1 N–H and O–H groups in total. The van der Waals surface area contributed by atoms with E-state index in [1.807, 2.05) is 24.3 Å². The molecule has 3 nitrogen and oxygen atoms in total. The molecule has 1 atom stereocenters. The highest BCUT2D eigenvalue weighted by molar-refractivity contribution is 7.16. The largest absolute Gasteiger partial charge is 0.383 e. The molecule has 5 heteroatoms. The maximum atomic E-state index is 5.90. The number of aryl methyl sites for hydroxylation is 1. The van der Waals surface area contributed by atoms with E-state index in [9.17, 15) is 0 Å². The number of anilines is 1. The molecule has 0 fully saturated rings. The number of nitrogens with one attached hydrogen (secondary N) is 1. The molecule has 0 amide bonds. The standard InChI is InChI=1S/C14H17ClN2OS/c1-9(8-18-3)16-14-17-13(10(2)19-14)11-4-6-12(15)7-5-11/h4-7,9H,8H2,1-3H3,(H,16,17)/t9-/m0/s1. The van der Waals surface area contributed by atoms with Crippen LogP contribution >= 0.6 is 22.9 Å². The zero-order valence-electron chi connectivity index (χ0n) is 11.2. The molecule has 1 aromatic heterocycles. The molecule has 2 rings (SSSR count). The van der Waals surface area contributed by atoms with Gasteiger partial charge in [-0.2, -0.15) is 0 Å². The van der Waals surface area contributed by atoms with E-state index in [-0.39, 0.29) is 6.04 Å². The van der Waals surface area contributed by atoms with Crippen molar-refractivity contribution in [3.8, 4) is 11.3 Å². The zero-order chi connectivity index (χ0) is 13.8. The van der Waals surface area contributed by atoms with Crippen molar-refractivity contribution in [2.24, 2.45) is 0 Å². The third kappa shape index (κ3) is 3.69. The second-order valence-electron chi connectivity index (χ2n) is 4.43. The van der Waals surface area contributed by atoms with Gasteiger partial charge in [0.1, 0.15) is 0 Å². The fourth-order valence-corrected chi connectivity index (χ4v) is 2.91. The molecular weight excluding hydrogens is 280 g/mol. The van der Waals surface area contributed by atoms with Crippen molar-refractivity contribution in [3.63, 3.8) is 0 Å². The lowest BCUT2D eigenvalue weighted by atomic mass is 10.1. The Bertz CT molecular complexity index is 539. The van der Waals surface area contributed by atoms with Crippen LogP contribution < -0.4 is 5.32 Å². The minimum absolute atomic E-state index is 0.244. The number of rotatable bonds is 5. The van der Waals surface area contributed by atoms with E-state index in [4.69, 9.17) is 16.3 Å². The molecule has 0 aliphatic carbocycles. The maximum absolute atomic E-state index is 5.90. The van der Waals surface area contributed by atoms with Gasteiger partial charge in [-0.1, -0.05) is 23.7 Å². The number of nitrogens with zero attached hydrogens (tertiary/aromatic N) is 1. The summed E-state index contributed by atoms with van der Waals surface area (Å²) in [5.41, 5.74) is 2.10. The molecule has 1 aromatic carbocycles. The number of aromatic nitrogens is 1. The van der Waals surface area contributed by atoms with Crippen molar-refractivity contribution in [3.05, 3.63) is 34.2 Å². The molecule has 2 aromatic rings. The van der Waals surface area contributed by atoms with Gasteiger partial charge in [-0.15, -0.1) is 11.3 Å². The van der Waals surface area contributed by atoms with Gasteiger partial charge in [-0.3, -0.25) is 0 Å². The van der Waals surface area contributed by atoms with E-state index >= 15 is 0 Å². The van der Waals surface area contributed by atoms with Gasteiger partial charge >= 0.3 is 0 Å². The smallest absolute Gasteiger partial charge is 0.183 e. The molecule has 0 saturated heterocycles. The molecule has 102 valence electrons. The molecule has 19 heavy (non-hydrogen) atoms. The van der Waals surface area contributed by atoms with Crippen molar-refractivity contribution in [1.82, 2.24) is 4.98 Å². The van der Waals surface area contributed by atoms with E-state index in [1.165, 1.54) is 4.88 Å². The van der Waals surface area contributed by atoms with Crippen LogP contribution in [0, 0.1) is 6.92 Å². The fraction of sp³-hybridized carbons (Fsp3) is 0.357. The first kappa shape index (κ1) is 14.3. The molecule has 0 saturated carbocycles. The van der Waals surface area contributed by atoms with Crippen LogP contribution in [0.5, 0.6) is 0 Å². The van der Waals surface area contributed by atoms with Crippen LogP contribution in [0.15, 0.2) is 24.3 Å². The summed E-state index contributed by atoms with van der Waals surface area (Å²) in [6.07, 6.45) is 0. The number of benzene rings is 1. The number of hydrogen-bond donors (Lipinski definition) is 1. The molecular formula is C14H17ClN2OS. The maximum Gasteiger partial charge on any atom is 0.183 e. The van der Waals surface area contributed by atoms with Crippen LogP contribution in [0.1, 0.15) is 11.8 Å². The van der Waals surface area contributed by atoms with E-state index in [0.29, 0.717) is 6.61 Å². The average molecular weight is 297 g/mol. The highest BCUT2D eigenvalue weighted by atomic mass is 35.5. The Kier molecular flexibility index (Phi) is 4.80. The van der Waals surface area contributed by atoms with Crippen molar-refractivity contribution >= 4 is 28.1 Å². The van der Waals surface area contributed by atoms with Gasteiger partial charge in [0.2, 0.25) is 0 Å². The second-order valence-corrected chi connectivity index (χ2v) is 6.07. The van der Waals surface area contributed by atoms with Gasteiger partial charge in [-0.25, -0.2) is 4.98 Å². The summed E-state index contributed by atoms with van der Waals surface area (Å²) in [7, 11) is 1.70. The molecule has 0 aliphatic heterocycles. The topological polar surface area (TPSA) is 34.1 Å². The van der Waals surface area contributed by atoms with Gasteiger partial charge in [0.15, 0.2) is 5.13 Å². The lowest BCUT2D eigenvalue weighted by Gasteiger charge is -2.10. The van der Waals surface area contributed by atoms with Crippen LogP contribution in [0.25, 0.3) is 11.3 Å². The summed E-state index contributed by atoms with van der Waals surface area (Å²) in [6, 6.07) is 8.00. The monoisotopic (exact) mass is 296 g/mol. The lowest BCUT2D eigenvalue weighted by Crippen LogP contribution is -2.20. The normalized spacial score (nSPS) is 12.4. The number of halogens is 1. The summed E-state index contributed by atoms with van der Waals surface area (Å²) in [5, 5.41) is 5.00. The van der Waals surface area contributed by atoms with Crippen LogP contribution in [-0.4, -0.2) is 24.7 Å². The number of hydrogen-bond acceptors (Lipinski definition) is 4. The number of thiazole rings is 1. The first-order valence-electron chi connectivity index (χ1n) is 6.09. The Balaban J connectivity index is 2.19. The van der Waals surface area contributed by atoms with Gasteiger partial charge < -0.3 is 10.1 Å². The molecule has 0 aliphatic rings. The van der Waals surface area contributed by atoms with Crippen LogP contribution in [0.2, 0.25) is 5.02 Å². The van der Waals surface area contributed by atoms with Crippen LogP contribution in [0.3, 0.4) is 0 Å². The van der Waals surface area contributed by atoms with E-state index < -0.39 is 0 Å². The van der Waals surface area contributed by atoms with E-state index in [0.717, 1.165) is 21.4 Å². The predicted molar refractivity (Wildman–Crippen MR) is 82.3 cm³/mol. The fourth-order valence-electron chi connectivity index (χ4n) is 1.84. The van der Waals surface area contributed by atoms with E-state index in [1.54, 1.807) is 18.4 Å². The molecule has 0 unspecified atom stereocenters. The Morgan fingerprint density at radius 2 is 2.05 bits per heavy atom. The summed E-state index contributed by atoms with van der Waals surface area (Å²) in [6.45, 7) is 4.81. The van der Waals surface area contributed by atoms with Crippen LogP contribution in [0.4, 0.5) is 5.13 Å². The first-order valence-corrected chi connectivity index (χ1v) is 7.28. The van der Waals surface area contributed by atoms with Crippen molar-refractivity contribution in [2.45, 2.75) is 19.9 Å². The van der Waals surface area contributed by atoms with Gasteiger partial charge in [0.05, 0.1) is 12.3 Å². The zero-order valence-corrected chi connectivity index (χ0v) is 12.8. The highest BCUT2D eigenvalue weighted by Gasteiger charge is 2.11. The van der Waals surface area contributed by atoms with Gasteiger partial charge in [-0.05, 0) is 26.0 Å². The quantitative estimate of drug-likeness (QED) is 0.897. The average Bonchev–Trinajstić information content (AvgIpc) is 2.71. The SMILES string of the molecule is COC[C@H](C)Nc1nc(-c2ccc(Cl)cc2)c(C)s1. The Labute approximate surface area is 122 Å². The summed E-state index contributed by atoms with van der Waals surface area (Å²) >= 11 is 7.56. The second kappa shape index (κ2) is 6.37. The third-order valence-electron chi connectivity index (χ3n) is 2.70. The molecule has 0 radical (unpaired) electrons. The van der Waals surface area contributed by atoms with E-state index in [2.05, 4.69) is 24.1 Å². The summed E-state index contributed by atoms with van der Waals surface area (Å²) in [5.74, 6) is 0. The lowest BCUT2D eigenvalue weighted by molar-refractivity contribution is 0.190. The van der Waals surface area contributed by atoms with Gasteiger partial charge in [0.25, 0.3) is 0 Å². The molecule has 0 spiro atoms. The van der Waals surface area contributed by atoms with Crippen LogP contribution in [-0.2, 0) is 4.74 Å². The summed E-state index contributed by atoms with van der Waals surface area (Å²) in [4.78, 5) is 5.83. The molecule has 0 bridgehead atoms. The number of methoxy groups -OCH3 is 1. The van der Waals surface area contributed by atoms with Crippen molar-refractivity contribution in [1.29, 1.82) is 0 Å². The van der Waals surface area contributed by atoms with Gasteiger partial charge in [0, 0.05) is 28.6 Å². The highest BCUT2D eigenvalue weighted by Crippen LogP contribution is 2.31.